The molecule has 11 rings (SSSR count). The fraction of sp³-hybridized carbons (Fsp3) is 0. The van der Waals surface area contributed by atoms with Crippen LogP contribution in [0.4, 0.5) is 0 Å². The topological polar surface area (TPSA) is 64.7 Å². The van der Waals surface area contributed by atoms with E-state index in [-0.39, 0.29) is 0 Å². The van der Waals surface area contributed by atoms with E-state index < -0.39 is 0 Å². The van der Waals surface area contributed by atoms with Crippen molar-refractivity contribution in [2.24, 2.45) is 0 Å². The molecule has 11 aromatic rings. The van der Waals surface area contributed by atoms with Crippen molar-refractivity contribution >= 4 is 53.4 Å². The lowest BCUT2D eigenvalue weighted by atomic mass is 9.96. The van der Waals surface area contributed by atoms with Crippen LogP contribution in [-0.2, 0) is 0 Å². The van der Waals surface area contributed by atoms with Gasteiger partial charge in [0.05, 0.1) is 0 Å². The van der Waals surface area contributed by atoms with E-state index in [1.54, 1.807) is 0 Å². The van der Waals surface area contributed by atoms with Crippen molar-refractivity contribution in [1.29, 1.82) is 0 Å². The van der Waals surface area contributed by atoms with Crippen LogP contribution < -0.4 is 0 Å². The molecular weight excluding hydrogens is 705 g/mol. The highest BCUT2D eigenvalue weighted by Crippen LogP contribution is 2.39. The second-order valence-electron chi connectivity index (χ2n) is 13.8. The summed E-state index contributed by atoms with van der Waals surface area (Å²) in [6.45, 7) is 0. The first-order valence-electron chi connectivity index (χ1n) is 18.5. The summed E-state index contributed by atoms with van der Waals surface area (Å²) in [5.41, 5.74) is 9.68. The van der Waals surface area contributed by atoms with E-state index in [1.807, 2.05) is 78.1 Å². The summed E-state index contributed by atoms with van der Waals surface area (Å²) in [6.07, 6.45) is 0. The Morgan fingerprint density at radius 1 is 0.375 bits per heavy atom. The smallest absolute Gasteiger partial charge is 0.227 e. The molecular formula is C50H30N4OS. The average Bonchev–Trinajstić information content (AvgIpc) is 3.89. The number of benzene rings is 8. The van der Waals surface area contributed by atoms with Gasteiger partial charge in [0.1, 0.15) is 5.52 Å². The molecule has 3 heterocycles. The Kier molecular flexibility index (Phi) is 7.60. The Morgan fingerprint density at radius 2 is 0.982 bits per heavy atom. The lowest BCUT2D eigenvalue weighted by molar-refractivity contribution is 0.623. The van der Waals surface area contributed by atoms with Gasteiger partial charge in [0.2, 0.25) is 5.89 Å². The van der Waals surface area contributed by atoms with E-state index in [1.165, 1.54) is 25.7 Å². The Labute approximate surface area is 326 Å². The molecule has 5 nitrogen and oxygen atoms in total. The number of oxazole rings is 1. The molecule has 0 fully saturated rings. The molecule has 0 radical (unpaired) electrons. The number of aromatic nitrogens is 4. The molecule has 0 aliphatic rings. The lowest BCUT2D eigenvalue weighted by Crippen LogP contribution is -2.00. The van der Waals surface area contributed by atoms with E-state index in [4.69, 9.17) is 24.4 Å². The third kappa shape index (κ3) is 5.63. The van der Waals surface area contributed by atoms with Crippen molar-refractivity contribution in [3.8, 4) is 67.9 Å². The minimum absolute atomic E-state index is 0.603. The average molecular weight is 735 g/mol. The van der Waals surface area contributed by atoms with Crippen LogP contribution in [0.15, 0.2) is 186 Å². The van der Waals surface area contributed by atoms with E-state index in [9.17, 15) is 0 Å². The zero-order valence-electron chi connectivity index (χ0n) is 29.9. The predicted molar refractivity (Wildman–Crippen MR) is 230 cm³/mol. The van der Waals surface area contributed by atoms with Crippen LogP contribution >= 0.6 is 11.3 Å². The van der Waals surface area contributed by atoms with Crippen molar-refractivity contribution in [2.75, 3.05) is 0 Å². The number of thiophene rings is 1. The molecule has 0 saturated carbocycles. The maximum atomic E-state index is 6.50. The number of rotatable bonds is 6. The van der Waals surface area contributed by atoms with Crippen molar-refractivity contribution in [3.05, 3.63) is 182 Å². The molecule has 56 heavy (non-hydrogen) atoms. The van der Waals surface area contributed by atoms with Gasteiger partial charge in [0.25, 0.3) is 0 Å². The molecule has 0 bridgehead atoms. The van der Waals surface area contributed by atoms with Crippen LogP contribution in [0.2, 0.25) is 0 Å². The van der Waals surface area contributed by atoms with Gasteiger partial charge in [0.15, 0.2) is 23.1 Å². The number of hydrogen-bond donors (Lipinski definition) is 0. The van der Waals surface area contributed by atoms with Crippen LogP contribution in [0, 0.1) is 0 Å². The molecule has 0 amide bonds. The fourth-order valence-electron chi connectivity index (χ4n) is 7.59. The summed E-state index contributed by atoms with van der Waals surface area (Å²) < 4.78 is 9.09. The van der Waals surface area contributed by atoms with E-state index in [0.717, 1.165) is 60.8 Å². The zero-order valence-corrected chi connectivity index (χ0v) is 30.7. The van der Waals surface area contributed by atoms with Gasteiger partial charge in [0, 0.05) is 47.8 Å². The van der Waals surface area contributed by atoms with Crippen molar-refractivity contribution in [3.63, 3.8) is 0 Å². The summed E-state index contributed by atoms with van der Waals surface area (Å²) in [6, 6.07) is 62.9. The predicted octanol–water partition coefficient (Wildman–Crippen LogP) is 13.5. The minimum Gasteiger partial charge on any atom is -0.435 e. The second-order valence-corrected chi connectivity index (χ2v) is 14.9. The van der Waals surface area contributed by atoms with Crippen LogP contribution in [0.5, 0.6) is 0 Å². The molecule has 0 saturated heterocycles. The van der Waals surface area contributed by atoms with Gasteiger partial charge in [-0.05, 0) is 64.0 Å². The summed E-state index contributed by atoms with van der Waals surface area (Å²) >= 11 is 1.84. The maximum absolute atomic E-state index is 6.50. The summed E-state index contributed by atoms with van der Waals surface area (Å²) in [7, 11) is 0. The Morgan fingerprint density at radius 3 is 1.79 bits per heavy atom. The molecule has 0 spiro atoms. The first-order valence-corrected chi connectivity index (χ1v) is 19.4. The monoisotopic (exact) mass is 734 g/mol. The van der Waals surface area contributed by atoms with Crippen LogP contribution in [0.3, 0.4) is 0 Å². The SMILES string of the molecule is c1ccc(-c2nc(-c3ccc(-c4ccc5c(c4)sc4ccccc45)cc3)nc(-c3cccc(-c4cccc5ccc6nc(-c7ccccc7)oc6c45)c3)n2)cc1. The van der Waals surface area contributed by atoms with Crippen LogP contribution in [0.1, 0.15) is 0 Å². The Bertz CT molecular complexity index is 3240. The molecule has 6 heteroatoms. The lowest BCUT2D eigenvalue weighted by Gasteiger charge is -2.11. The molecule has 0 aliphatic heterocycles. The Hall–Kier alpha value is -7.28. The summed E-state index contributed by atoms with van der Waals surface area (Å²) in [4.78, 5) is 20.0. The van der Waals surface area contributed by atoms with Crippen molar-refractivity contribution in [2.45, 2.75) is 0 Å². The highest BCUT2D eigenvalue weighted by atomic mass is 32.1. The van der Waals surface area contributed by atoms with Gasteiger partial charge in [-0.2, -0.15) is 0 Å². The summed E-state index contributed by atoms with van der Waals surface area (Å²) in [5.74, 6) is 2.45. The molecule has 0 atom stereocenters. The molecule has 8 aromatic carbocycles. The van der Waals surface area contributed by atoms with Gasteiger partial charge in [-0.3, -0.25) is 0 Å². The molecule has 262 valence electrons. The molecule has 0 aliphatic carbocycles. The fourth-order valence-corrected chi connectivity index (χ4v) is 8.74. The van der Waals surface area contributed by atoms with E-state index >= 15 is 0 Å². The highest BCUT2D eigenvalue weighted by Gasteiger charge is 2.17. The maximum Gasteiger partial charge on any atom is 0.227 e. The molecule has 0 unspecified atom stereocenters. The van der Waals surface area contributed by atoms with E-state index in [2.05, 4.69) is 115 Å². The minimum atomic E-state index is 0.603. The Balaban J connectivity index is 0.998. The summed E-state index contributed by atoms with van der Waals surface area (Å²) in [5, 5.41) is 4.70. The second kappa shape index (κ2) is 13.2. The largest absolute Gasteiger partial charge is 0.435 e. The van der Waals surface area contributed by atoms with Gasteiger partial charge in [-0.1, -0.05) is 146 Å². The number of hydrogen-bond acceptors (Lipinski definition) is 6. The van der Waals surface area contributed by atoms with Gasteiger partial charge >= 0.3 is 0 Å². The van der Waals surface area contributed by atoms with Gasteiger partial charge in [-0.15, -0.1) is 11.3 Å². The molecule has 0 N–H and O–H groups in total. The molecule has 3 aromatic heterocycles. The number of fused-ring (bicyclic) bond motifs is 6. The first kappa shape index (κ1) is 32.2. The van der Waals surface area contributed by atoms with Crippen molar-refractivity contribution < 1.29 is 4.42 Å². The standard InChI is InChI=1S/C50H30N4OS/c1-3-11-33(12-4-1)47-52-48(34-23-21-31(22-24-34)36-25-27-41-40-18-7-8-20-43(40)56-44(41)30-36)54-49(53-47)38-17-9-16-37(29-38)39-19-10-15-32-26-28-42-46(45(32)39)55-50(51-42)35-13-5-2-6-14-35/h1-30H. The normalized spacial score (nSPS) is 11.6. The quantitative estimate of drug-likeness (QED) is 0.170. The van der Waals surface area contributed by atoms with E-state index in [0.29, 0.717) is 23.4 Å². The highest BCUT2D eigenvalue weighted by molar-refractivity contribution is 7.25. The van der Waals surface area contributed by atoms with Gasteiger partial charge in [-0.25, -0.2) is 19.9 Å². The number of nitrogens with zero attached hydrogens (tertiary/aromatic N) is 4. The van der Waals surface area contributed by atoms with Crippen LogP contribution in [0.25, 0.3) is 110 Å². The van der Waals surface area contributed by atoms with Crippen LogP contribution in [-0.4, -0.2) is 19.9 Å². The third-order valence-corrected chi connectivity index (χ3v) is 11.5. The third-order valence-electron chi connectivity index (χ3n) is 10.4. The van der Waals surface area contributed by atoms with Crippen molar-refractivity contribution in [1.82, 2.24) is 19.9 Å². The first-order chi connectivity index (χ1) is 27.7. The zero-order chi connectivity index (χ0) is 37.0. The van der Waals surface area contributed by atoms with Gasteiger partial charge < -0.3 is 4.42 Å².